The summed E-state index contributed by atoms with van der Waals surface area (Å²) >= 11 is 0. The zero-order valence-electron chi connectivity index (χ0n) is 9.38. The van der Waals surface area contributed by atoms with Crippen LogP contribution in [0.5, 0.6) is 0 Å². The summed E-state index contributed by atoms with van der Waals surface area (Å²) in [7, 11) is 1.85. The Bertz CT molecular complexity index is 153. The fourth-order valence-corrected chi connectivity index (χ4v) is 1.53. The lowest BCUT2D eigenvalue weighted by Gasteiger charge is -2.28. The quantitative estimate of drug-likeness (QED) is 0.607. The van der Waals surface area contributed by atoms with Gasteiger partial charge in [-0.2, -0.15) is 0 Å². The molecule has 0 aliphatic heterocycles. The smallest absolute Gasteiger partial charge is 0.0667 e. The van der Waals surface area contributed by atoms with Gasteiger partial charge in [0.05, 0.1) is 18.8 Å². The van der Waals surface area contributed by atoms with Crippen molar-refractivity contribution in [2.45, 2.75) is 38.1 Å². The fourth-order valence-electron chi connectivity index (χ4n) is 1.53. The van der Waals surface area contributed by atoms with Gasteiger partial charge in [0, 0.05) is 6.61 Å². The number of nitrogens with one attached hydrogen (secondary N) is 1. The zero-order valence-corrected chi connectivity index (χ0v) is 9.38. The highest BCUT2D eigenvalue weighted by Crippen LogP contribution is 2.29. The van der Waals surface area contributed by atoms with Crippen molar-refractivity contribution in [3.8, 4) is 0 Å². The molecule has 1 atom stereocenters. The van der Waals surface area contributed by atoms with E-state index in [1.54, 1.807) is 0 Å². The summed E-state index contributed by atoms with van der Waals surface area (Å²) in [5, 5.41) is 12.2. The summed E-state index contributed by atoms with van der Waals surface area (Å²) in [6.07, 6.45) is 5.35. The van der Waals surface area contributed by atoms with Crippen molar-refractivity contribution in [2.24, 2.45) is 5.92 Å². The van der Waals surface area contributed by atoms with E-state index >= 15 is 0 Å². The van der Waals surface area contributed by atoms with Gasteiger partial charge in [0.25, 0.3) is 0 Å². The molecule has 1 saturated carbocycles. The Hall–Kier alpha value is -0.120. The summed E-state index contributed by atoms with van der Waals surface area (Å²) in [6, 6.07) is 0. The predicted molar refractivity (Wildman–Crippen MR) is 57.3 cm³/mol. The molecule has 84 valence electrons. The van der Waals surface area contributed by atoms with Gasteiger partial charge in [0.15, 0.2) is 0 Å². The van der Waals surface area contributed by atoms with Gasteiger partial charge in [-0.05, 0) is 26.3 Å². The third-order valence-corrected chi connectivity index (χ3v) is 3.27. The maximum absolute atomic E-state index is 9.11. The molecule has 0 bridgehead atoms. The number of aliphatic hydroxyl groups is 1. The highest BCUT2D eigenvalue weighted by atomic mass is 16.5. The third-order valence-electron chi connectivity index (χ3n) is 3.27. The minimum atomic E-state index is -0.278. The van der Waals surface area contributed by atoms with E-state index in [1.165, 1.54) is 25.7 Å². The van der Waals surface area contributed by atoms with E-state index in [4.69, 9.17) is 9.84 Å². The number of likely N-dealkylation sites (N-methyl/N-ethyl adjacent to an activating group) is 1. The molecular formula is C11H23NO2. The van der Waals surface area contributed by atoms with Gasteiger partial charge in [0.2, 0.25) is 0 Å². The standard InChI is InChI=1S/C11H23NO2/c1-11(8-13,12-2)9-14-7-6-10-4-3-5-10/h10,12-13H,3-9H2,1-2H3. The molecule has 3 heteroatoms. The molecule has 0 saturated heterocycles. The summed E-state index contributed by atoms with van der Waals surface area (Å²) in [6.45, 7) is 3.51. The summed E-state index contributed by atoms with van der Waals surface area (Å²) in [5.74, 6) is 0.907. The Morgan fingerprint density at radius 3 is 2.64 bits per heavy atom. The fraction of sp³-hybridized carbons (Fsp3) is 1.00. The van der Waals surface area contributed by atoms with Crippen molar-refractivity contribution < 1.29 is 9.84 Å². The average Bonchev–Trinajstić information content (AvgIpc) is 2.14. The van der Waals surface area contributed by atoms with Crippen LogP contribution in [0.25, 0.3) is 0 Å². The molecule has 2 N–H and O–H groups in total. The van der Waals surface area contributed by atoms with E-state index in [0.29, 0.717) is 6.61 Å². The zero-order chi connectivity index (χ0) is 10.4. The van der Waals surface area contributed by atoms with E-state index in [9.17, 15) is 0 Å². The number of ether oxygens (including phenoxy) is 1. The van der Waals surface area contributed by atoms with Gasteiger partial charge < -0.3 is 15.2 Å². The lowest BCUT2D eigenvalue weighted by atomic mass is 9.83. The molecule has 1 fully saturated rings. The molecule has 1 unspecified atom stereocenters. The Kier molecular flexibility index (Phi) is 4.85. The molecule has 0 heterocycles. The van der Waals surface area contributed by atoms with Crippen molar-refractivity contribution in [3.05, 3.63) is 0 Å². The van der Waals surface area contributed by atoms with Crippen LogP contribution in [-0.4, -0.2) is 37.5 Å². The highest BCUT2D eigenvalue weighted by molar-refractivity contribution is 4.80. The van der Waals surface area contributed by atoms with E-state index < -0.39 is 0 Å². The maximum Gasteiger partial charge on any atom is 0.0667 e. The van der Waals surface area contributed by atoms with Crippen LogP contribution in [0, 0.1) is 5.92 Å². The Balaban J connectivity index is 2.01. The summed E-state index contributed by atoms with van der Waals surface area (Å²) in [5.41, 5.74) is -0.278. The lowest BCUT2D eigenvalue weighted by Crippen LogP contribution is -2.47. The van der Waals surface area contributed by atoms with Gasteiger partial charge in [-0.1, -0.05) is 19.3 Å². The third kappa shape index (κ3) is 3.56. The Labute approximate surface area is 86.8 Å². The summed E-state index contributed by atoms with van der Waals surface area (Å²) in [4.78, 5) is 0. The van der Waals surface area contributed by atoms with Crippen LogP contribution in [0.4, 0.5) is 0 Å². The lowest BCUT2D eigenvalue weighted by molar-refractivity contribution is 0.0376. The average molecular weight is 201 g/mol. The molecule has 0 radical (unpaired) electrons. The first-order valence-electron chi connectivity index (χ1n) is 5.58. The maximum atomic E-state index is 9.11. The van der Waals surface area contributed by atoms with E-state index in [2.05, 4.69) is 5.32 Å². The Morgan fingerprint density at radius 2 is 2.21 bits per heavy atom. The first-order valence-corrected chi connectivity index (χ1v) is 5.58. The largest absolute Gasteiger partial charge is 0.394 e. The van der Waals surface area contributed by atoms with Gasteiger partial charge in [-0.15, -0.1) is 0 Å². The van der Waals surface area contributed by atoms with Crippen LogP contribution < -0.4 is 5.32 Å². The van der Waals surface area contributed by atoms with Gasteiger partial charge in [0.1, 0.15) is 0 Å². The predicted octanol–water partition coefficient (Wildman–Crippen LogP) is 1.16. The van der Waals surface area contributed by atoms with Crippen molar-refractivity contribution in [2.75, 3.05) is 26.9 Å². The van der Waals surface area contributed by atoms with Crippen LogP contribution in [0.1, 0.15) is 32.6 Å². The van der Waals surface area contributed by atoms with Crippen LogP contribution in [0.15, 0.2) is 0 Å². The van der Waals surface area contributed by atoms with E-state index in [-0.39, 0.29) is 12.1 Å². The minimum absolute atomic E-state index is 0.118. The molecule has 0 aromatic rings. The van der Waals surface area contributed by atoms with Crippen LogP contribution in [0.3, 0.4) is 0 Å². The summed E-state index contributed by atoms with van der Waals surface area (Å²) < 4.78 is 5.56. The van der Waals surface area contributed by atoms with E-state index in [0.717, 1.165) is 12.5 Å². The molecule has 14 heavy (non-hydrogen) atoms. The first kappa shape index (κ1) is 12.0. The van der Waals surface area contributed by atoms with Crippen LogP contribution in [-0.2, 0) is 4.74 Å². The molecule has 1 rings (SSSR count). The van der Waals surface area contributed by atoms with Crippen LogP contribution in [0.2, 0.25) is 0 Å². The molecule has 0 amide bonds. The molecule has 0 aromatic carbocycles. The van der Waals surface area contributed by atoms with Gasteiger partial charge in [-0.25, -0.2) is 0 Å². The molecule has 3 nitrogen and oxygen atoms in total. The molecular weight excluding hydrogens is 178 g/mol. The van der Waals surface area contributed by atoms with Crippen molar-refractivity contribution in [1.82, 2.24) is 5.32 Å². The molecule has 0 spiro atoms. The van der Waals surface area contributed by atoms with Crippen molar-refractivity contribution >= 4 is 0 Å². The number of aliphatic hydroxyl groups excluding tert-OH is 1. The Morgan fingerprint density at radius 1 is 1.50 bits per heavy atom. The first-order chi connectivity index (χ1) is 6.70. The second kappa shape index (κ2) is 5.69. The van der Waals surface area contributed by atoms with E-state index in [1.807, 2.05) is 14.0 Å². The molecule has 1 aliphatic carbocycles. The van der Waals surface area contributed by atoms with Crippen LogP contribution >= 0.6 is 0 Å². The van der Waals surface area contributed by atoms with Crippen molar-refractivity contribution in [3.63, 3.8) is 0 Å². The topological polar surface area (TPSA) is 41.5 Å². The number of rotatable bonds is 7. The molecule has 1 aliphatic rings. The van der Waals surface area contributed by atoms with Gasteiger partial charge in [-0.3, -0.25) is 0 Å². The number of hydrogen-bond donors (Lipinski definition) is 2. The monoisotopic (exact) mass is 201 g/mol. The second-order valence-corrected chi connectivity index (χ2v) is 4.61. The van der Waals surface area contributed by atoms with Crippen molar-refractivity contribution in [1.29, 1.82) is 0 Å². The normalized spacial score (nSPS) is 21.6. The second-order valence-electron chi connectivity index (χ2n) is 4.61. The van der Waals surface area contributed by atoms with Gasteiger partial charge >= 0.3 is 0 Å². The minimum Gasteiger partial charge on any atom is -0.394 e. The highest BCUT2D eigenvalue weighted by Gasteiger charge is 2.21. The molecule has 0 aromatic heterocycles. The number of hydrogen-bond acceptors (Lipinski definition) is 3. The SMILES string of the molecule is CNC(C)(CO)COCCC1CCC1.